The third kappa shape index (κ3) is 1.85. The van der Waals surface area contributed by atoms with E-state index >= 15 is 0 Å². The molecule has 1 aromatic carbocycles. The van der Waals surface area contributed by atoms with Crippen LogP contribution >= 0.6 is 0 Å². The van der Waals surface area contributed by atoms with Gasteiger partial charge in [-0.05, 0) is 37.3 Å². The van der Waals surface area contributed by atoms with Gasteiger partial charge in [-0.15, -0.1) is 0 Å². The smallest absolute Gasteiger partial charge is 0.122 e. The first-order valence-corrected chi connectivity index (χ1v) is 6.35. The van der Waals surface area contributed by atoms with Crippen LogP contribution in [0.15, 0.2) is 18.2 Å². The Bertz CT molecular complexity index is 413. The Kier molecular flexibility index (Phi) is 3.17. The maximum atomic E-state index is 9.99. The van der Waals surface area contributed by atoms with Crippen molar-refractivity contribution in [2.45, 2.75) is 45.6 Å². The van der Waals surface area contributed by atoms with Gasteiger partial charge in [0.05, 0.1) is 13.2 Å². The number of methoxy groups -OCH3 is 1. The van der Waals surface area contributed by atoms with E-state index in [0.29, 0.717) is 5.92 Å². The van der Waals surface area contributed by atoms with Crippen LogP contribution in [-0.4, -0.2) is 18.3 Å². The van der Waals surface area contributed by atoms with Crippen molar-refractivity contribution < 1.29 is 9.84 Å². The Labute approximate surface area is 104 Å². The molecular formula is C15H22O2. The molecule has 1 N–H and O–H groups in total. The van der Waals surface area contributed by atoms with Gasteiger partial charge in [0.1, 0.15) is 5.75 Å². The fourth-order valence-corrected chi connectivity index (χ4v) is 2.92. The molecule has 0 radical (unpaired) electrons. The second-order valence-electron chi connectivity index (χ2n) is 5.41. The van der Waals surface area contributed by atoms with Gasteiger partial charge in [0.15, 0.2) is 0 Å². The topological polar surface area (TPSA) is 29.5 Å². The molecule has 0 spiro atoms. The first-order chi connectivity index (χ1) is 8.02. The van der Waals surface area contributed by atoms with E-state index in [-0.39, 0.29) is 11.5 Å². The predicted octanol–water partition coefficient (Wildman–Crippen LogP) is 3.27. The second kappa shape index (κ2) is 4.34. The van der Waals surface area contributed by atoms with E-state index in [1.807, 2.05) is 6.07 Å². The van der Waals surface area contributed by atoms with Gasteiger partial charge in [0.2, 0.25) is 0 Å². The number of aliphatic hydroxyl groups excluding tert-OH is 1. The van der Waals surface area contributed by atoms with Crippen molar-refractivity contribution in [1.82, 2.24) is 0 Å². The molecule has 3 atom stereocenters. The van der Waals surface area contributed by atoms with E-state index in [4.69, 9.17) is 4.74 Å². The van der Waals surface area contributed by atoms with Gasteiger partial charge in [0, 0.05) is 5.41 Å². The number of benzene rings is 1. The van der Waals surface area contributed by atoms with Gasteiger partial charge in [-0.1, -0.05) is 31.5 Å². The molecule has 1 aromatic rings. The summed E-state index contributed by atoms with van der Waals surface area (Å²) in [6, 6.07) is 6.30. The molecule has 2 nitrogen and oxygen atoms in total. The Morgan fingerprint density at radius 3 is 2.71 bits per heavy atom. The van der Waals surface area contributed by atoms with E-state index in [0.717, 1.165) is 18.6 Å². The maximum Gasteiger partial charge on any atom is 0.122 e. The molecule has 1 aliphatic rings. The average molecular weight is 234 g/mol. The van der Waals surface area contributed by atoms with Gasteiger partial charge in [-0.2, -0.15) is 0 Å². The minimum atomic E-state index is -0.178. The monoisotopic (exact) mass is 234 g/mol. The summed E-state index contributed by atoms with van der Waals surface area (Å²) in [5, 5.41) is 9.99. The lowest BCUT2D eigenvalue weighted by molar-refractivity contribution is -0.0783. The first kappa shape index (κ1) is 12.4. The average Bonchev–Trinajstić information content (AvgIpc) is 2.34. The summed E-state index contributed by atoms with van der Waals surface area (Å²) in [5.41, 5.74) is 2.50. The van der Waals surface area contributed by atoms with Gasteiger partial charge < -0.3 is 9.84 Å². The molecule has 0 aliphatic heterocycles. The number of hydrogen-bond donors (Lipinski definition) is 1. The summed E-state index contributed by atoms with van der Waals surface area (Å²) in [4.78, 5) is 0. The van der Waals surface area contributed by atoms with E-state index in [1.54, 1.807) is 7.11 Å². The molecule has 1 aliphatic carbocycles. The van der Waals surface area contributed by atoms with Crippen molar-refractivity contribution in [2.24, 2.45) is 5.41 Å². The lowest BCUT2D eigenvalue weighted by Gasteiger charge is -2.52. The van der Waals surface area contributed by atoms with Crippen molar-refractivity contribution in [1.29, 1.82) is 0 Å². The van der Waals surface area contributed by atoms with Crippen molar-refractivity contribution in [3.05, 3.63) is 29.3 Å². The van der Waals surface area contributed by atoms with Crippen LogP contribution in [0.3, 0.4) is 0 Å². The molecule has 0 amide bonds. The summed E-state index contributed by atoms with van der Waals surface area (Å²) < 4.78 is 5.45. The molecule has 2 rings (SSSR count). The maximum absolute atomic E-state index is 9.99. The Morgan fingerprint density at radius 1 is 1.47 bits per heavy atom. The van der Waals surface area contributed by atoms with Crippen LogP contribution in [-0.2, 0) is 0 Å². The molecule has 3 unspecified atom stereocenters. The third-order valence-corrected chi connectivity index (χ3v) is 4.54. The second-order valence-corrected chi connectivity index (χ2v) is 5.41. The van der Waals surface area contributed by atoms with Crippen LogP contribution < -0.4 is 4.74 Å². The highest BCUT2D eigenvalue weighted by Crippen LogP contribution is 2.56. The molecule has 0 saturated heterocycles. The summed E-state index contributed by atoms with van der Waals surface area (Å²) in [5.74, 6) is 1.37. The van der Waals surface area contributed by atoms with Crippen molar-refractivity contribution in [3.63, 3.8) is 0 Å². The molecule has 0 heterocycles. The SMILES string of the molecule is CCC1(C)C(O)CC1c1cc(C)ccc1OC. The van der Waals surface area contributed by atoms with Crippen LogP contribution in [0.1, 0.15) is 43.7 Å². The Balaban J connectivity index is 2.38. The minimum Gasteiger partial charge on any atom is -0.496 e. The molecule has 0 bridgehead atoms. The lowest BCUT2D eigenvalue weighted by Crippen LogP contribution is -2.49. The molecule has 94 valence electrons. The predicted molar refractivity (Wildman–Crippen MR) is 69.5 cm³/mol. The van der Waals surface area contributed by atoms with E-state index in [2.05, 4.69) is 32.9 Å². The zero-order valence-corrected chi connectivity index (χ0v) is 11.2. The summed E-state index contributed by atoms with van der Waals surface area (Å²) in [6.45, 7) is 6.42. The van der Waals surface area contributed by atoms with Gasteiger partial charge >= 0.3 is 0 Å². The normalized spacial score (nSPS) is 32.1. The molecule has 1 saturated carbocycles. The largest absolute Gasteiger partial charge is 0.496 e. The number of rotatable bonds is 3. The number of hydrogen-bond acceptors (Lipinski definition) is 2. The van der Waals surface area contributed by atoms with Gasteiger partial charge in [-0.3, -0.25) is 0 Å². The Hall–Kier alpha value is -1.02. The van der Waals surface area contributed by atoms with E-state index in [9.17, 15) is 5.11 Å². The molecule has 2 heteroatoms. The molecule has 1 fully saturated rings. The summed E-state index contributed by atoms with van der Waals surface area (Å²) >= 11 is 0. The van der Waals surface area contributed by atoms with Crippen LogP contribution in [0.4, 0.5) is 0 Å². The number of ether oxygens (including phenoxy) is 1. The zero-order chi connectivity index (χ0) is 12.6. The van der Waals surface area contributed by atoms with Gasteiger partial charge in [0.25, 0.3) is 0 Å². The summed E-state index contributed by atoms with van der Waals surface area (Å²) in [7, 11) is 1.71. The minimum absolute atomic E-state index is 0.00106. The summed E-state index contributed by atoms with van der Waals surface area (Å²) in [6.07, 6.45) is 1.67. The van der Waals surface area contributed by atoms with E-state index < -0.39 is 0 Å². The molecular weight excluding hydrogens is 212 g/mol. The van der Waals surface area contributed by atoms with Crippen molar-refractivity contribution >= 4 is 0 Å². The number of aryl methyl sites for hydroxylation is 1. The molecule has 17 heavy (non-hydrogen) atoms. The highest BCUT2D eigenvalue weighted by Gasteiger charge is 2.50. The van der Waals surface area contributed by atoms with Gasteiger partial charge in [-0.25, -0.2) is 0 Å². The third-order valence-electron chi connectivity index (χ3n) is 4.54. The lowest BCUT2D eigenvalue weighted by atomic mass is 9.55. The van der Waals surface area contributed by atoms with Crippen LogP contribution in [0.5, 0.6) is 5.75 Å². The fourth-order valence-electron chi connectivity index (χ4n) is 2.92. The van der Waals surface area contributed by atoms with E-state index in [1.165, 1.54) is 11.1 Å². The van der Waals surface area contributed by atoms with Crippen LogP contribution in [0, 0.1) is 12.3 Å². The first-order valence-electron chi connectivity index (χ1n) is 6.35. The number of aliphatic hydroxyl groups is 1. The highest BCUT2D eigenvalue weighted by atomic mass is 16.5. The molecule has 0 aromatic heterocycles. The van der Waals surface area contributed by atoms with Crippen molar-refractivity contribution in [2.75, 3.05) is 7.11 Å². The highest BCUT2D eigenvalue weighted by molar-refractivity contribution is 5.42. The standard InChI is InChI=1S/C15H22O2/c1-5-15(3)12(9-14(15)16)11-8-10(2)6-7-13(11)17-4/h6-8,12,14,16H,5,9H2,1-4H3. The van der Waals surface area contributed by atoms with Crippen LogP contribution in [0.2, 0.25) is 0 Å². The van der Waals surface area contributed by atoms with Crippen molar-refractivity contribution in [3.8, 4) is 5.75 Å². The quantitative estimate of drug-likeness (QED) is 0.869. The fraction of sp³-hybridized carbons (Fsp3) is 0.600. The Morgan fingerprint density at radius 2 is 2.18 bits per heavy atom. The zero-order valence-electron chi connectivity index (χ0n) is 11.2. The van der Waals surface area contributed by atoms with Crippen LogP contribution in [0.25, 0.3) is 0 Å².